The summed E-state index contributed by atoms with van der Waals surface area (Å²) in [7, 11) is 0. The van der Waals surface area contributed by atoms with E-state index in [1.807, 2.05) is 55.5 Å². The third-order valence-corrected chi connectivity index (χ3v) is 3.58. The van der Waals surface area contributed by atoms with E-state index in [2.05, 4.69) is 15.2 Å². The van der Waals surface area contributed by atoms with Gasteiger partial charge in [-0.1, -0.05) is 47.1 Å². The SMILES string of the molecule is Cc1ccc2[nH]c(O)c(/C=C(\N=NC(N)=O)c3ccccc3)c2c1. The summed E-state index contributed by atoms with van der Waals surface area (Å²) in [4.78, 5) is 13.9. The molecule has 24 heavy (non-hydrogen) atoms. The molecular weight excluding hydrogens is 304 g/mol. The number of nitrogens with two attached hydrogens (primary N) is 1. The van der Waals surface area contributed by atoms with Crippen molar-refractivity contribution in [2.75, 3.05) is 0 Å². The summed E-state index contributed by atoms with van der Waals surface area (Å²) in [5.41, 5.74) is 8.68. The lowest BCUT2D eigenvalue weighted by Crippen LogP contribution is -2.02. The third-order valence-electron chi connectivity index (χ3n) is 3.58. The molecule has 0 saturated carbocycles. The fourth-order valence-corrected chi connectivity index (χ4v) is 2.48. The van der Waals surface area contributed by atoms with Crippen molar-refractivity contribution in [3.05, 3.63) is 65.2 Å². The van der Waals surface area contributed by atoms with Crippen molar-refractivity contribution in [2.24, 2.45) is 16.0 Å². The Morgan fingerprint density at radius 1 is 1.17 bits per heavy atom. The number of aromatic nitrogens is 1. The van der Waals surface area contributed by atoms with Crippen LogP contribution >= 0.6 is 0 Å². The van der Waals surface area contributed by atoms with Crippen LogP contribution in [-0.4, -0.2) is 16.1 Å². The van der Waals surface area contributed by atoms with Crippen LogP contribution in [0, 0.1) is 6.92 Å². The number of amides is 2. The minimum atomic E-state index is -0.879. The highest BCUT2D eigenvalue weighted by Gasteiger charge is 2.11. The van der Waals surface area contributed by atoms with Gasteiger partial charge in [-0.3, -0.25) is 0 Å². The zero-order valence-electron chi connectivity index (χ0n) is 13.0. The highest BCUT2D eigenvalue weighted by Crippen LogP contribution is 2.32. The van der Waals surface area contributed by atoms with Crippen LogP contribution in [-0.2, 0) is 0 Å². The number of nitrogens with one attached hydrogen (secondary N) is 1. The number of primary amides is 1. The smallest absolute Gasteiger partial charge is 0.356 e. The van der Waals surface area contributed by atoms with Gasteiger partial charge in [-0.2, -0.15) is 0 Å². The third kappa shape index (κ3) is 3.17. The van der Waals surface area contributed by atoms with E-state index in [-0.39, 0.29) is 5.88 Å². The number of hydrogen-bond acceptors (Lipinski definition) is 3. The number of aryl methyl sites for hydroxylation is 1. The lowest BCUT2D eigenvalue weighted by atomic mass is 10.1. The molecular formula is C18H16N4O2. The monoisotopic (exact) mass is 320 g/mol. The van der Waals surface area contributed by atoms with Gasteiger partial charge in [-0.25, -0.2) is 4.79 Å². The number of benzene rings is 2. The molecule has 1 aromatic heterocycles. The van der Waals surface area contributed by atoms with E-state index < -0.39 is 6.03 Å². The fraction of sp³-hybridized carbons (Fsp3) is 0.0556. The maximum atomic E-state index is 10.9. The Labute approximate surface area is 138 Å². The molecule has 2 amide bonds. The van der Waals surface area contributed by atoms with Gasteiger partial charge in [-0.15, -0.1) is 5.11 Å². The van der Waals surface area contributed by atoms with Crippen LogP contribution in [0.5, 0.6) is 5.88 Å². The summed E-state index contributed by atoms with van der Waals surface area (Å²) in [5.74, 6) is 0.0262. The van der Waals surface area contributed by atoms with Crippen LogP contribution in [0.4, 0.5) is 4.79 Å². The number of nitrogens with zero attached hydrogens (tertiary/aromatic N) is 2. The Morgan fingerprint density at radius 2 is 1.92 bits per heavy atom. The van der Waals surface area contributed by atoms with Gasteiger partial charge in [-0.05, 0) is 25.1 Å². The first-order chi connectivity index (χ1) is 11.5. The van der Waals surface area contributed by atoms with E-state index >= 15 is 0 Å². The summed E-state index contributed by atoms with van der Waals surface area (Å²) in [6, 6.07) is 14.2. The van der Waals surface area contributed by atoms with Gasteiger partial charge in [0.15, 0.2) is 5.88 Å². The predicted octanol–water partition coefficient (Wildman–Crippen LogP) is 4.21. The first-order valence-electron chi connectivity index (χ1n) is 7.34. The zero-order valence-corrected chi connectivity index (χ0v) is 13.0. The van der Waals surface area contributed by atoms with E-state index in [9.17, 15) is 9.90 Å². The summed E-state index contributed by atoms with van der Waals surface area (Å²) in [6.45, 7) is 1.97. The minimum absolute atomic E-state index is 0.0262. The van der Waals surface area contributed by atoms with Crippen LogP contribution in [0.1, 0.15) is 16.7 Å². The number of aromatic hydroxyl groups is 1. The van der Waals surface area contributed by atoms with Crippen molar-refractivity contribution in [3.63, 3.8) is 0 Å². The quantitative estimate of drug-likeness (QED) is 0.629. The second-order valence-corrected chi connectivity index (χ2v) is 5.37. The van der Waals surface area contributed by atoms with Crippen LogP contribution in [0.3, 0.4) is 0 Å². The van der Waals surface area contributed by atoms with E-state index in [0.717, 1.165) is 22.0 Å². The zero-order chi connectivity index (χ0) is 17.1. The van der Waals surface area contributed by atoms with Crippen LogP contribution in [0.2, 0.25) is 0 Å². The van der Waals surface area contributed by atoms with Crippen LogP contribution in [0.15, 0.2) is 58.8 Å². The van der Waals surface area contributed by atoms with Crippen molar-refractivity contribution >= 4 is 28.7 Å². The molecule has 3 aromatic rings. The van der Waals surface area contributed by atoms with E-state index in [1.54, 1.807) is 6.08 Å². The van der Waals surface area contributed by atoms with Crippen LogP contribution in [0.25, 0.3) is 22.7 Å². The van der Waals surface area contributed by atoms with Crippen molar-refractivity contribution < 1.29 is 9.90 Å². The normalized spacial score (nSPS) is 12.1. The largest absolute Gasteiger partial charge is 0.494 e. The van der Waals surface area contributed by atoms with Crippen molar-refractivity contribution in [2.45, 2.75) is 6.92 Å². The molecule has 6 heteroatoms. The molecule has 0 aliphatic carbocycles. The van der Waals surface area contributed by atoms with Gasteiger partial charge in [0.05, 0.1) is 5.70 Å². The number of carbonyl (C=O) groups excluding carboxylic acids is 1. The molecule has 0 fully saturated rings. The molecule has 0 aliphatic heterocycles. The first kappa shape index (κ1) is 15.5. The molecule has 6 nitrogen and oxygen atoms in total. The van der Waals surface area contributed by atoms with Gasteiger partial charge in [0, 0.05) is 22.0 Å². The number of urea groups is 1. The molecule has 0 atom stereocenters. The summed E-state index contributed by atoms with van der Waals surface area (Å²) in [5, 5.41) is 18.4. The van der Waals surface area contributed by atoms with Gasteiger partial charge in [0.2, 0.25) is 0 Å². The summed E-state index contributed by atoms with van der Waals surface area (Å²) >= 11 is 0. The van der Waals surface area contributed by atoms with E-state index in [0.29, 0.717) is 11.3 Å². The fourth-order valence-electron chi connectivity index (χ4n) is 2.48. The topological polar surface area (TPSA) is 104 Å². The molecule has 0 aliphatic rings. The summed E-state index contributed by atoms with van der Waals surface area (Å²) in [6.07, 6.45) is 1.68. The van der Waals surface area contributed by atoms with E-state index in [4.69, 9.17) is 5.73 Å². The number of hydrogen-bond donors (Lipinski definition) is 3. The Hall–Kier alpha value is -3.41. The molecule has 120 valence electrons. The number of H-pyrrole nitrogens is 1. The predicted molar refractivity (Wildman–Crippen MR) is 93.5 cm³/mol. The van der Waals surface area contributed by atoms with Crippen LogP contribution < -0.4 is 5.73 Å². The number of azo groups is 1. The van der Waals surface area contributed by atoms with Gasteiger partial charge < -0.3 is 15.8 Å². The number of aromatic amines is 1. The Bertz CT molecular complexity index is 956. The average molecular weight is 320 g/mol. The molecule has 4 N–H and O–H groups in total. The summed E-state index contributed by atoms with van der Waals surface area (Å²) < 4.78 is 0. The first-order valence-corrected chi connectivity index (χ1v) is 7.34. The molecule has 3 rings (SSSR count). The highest BCUT2D eigenvalue weighted by molar-refractivity contribution is 5.97. The molecule has 0 unspecified atom stereocenters. The maximum absolute atomic E-state index is 10.9. The molecule has 0 spiro atoms. The second-order valence-electron chi connectivity index (χ2n) is 5.37. The van der Waals surface area contributed by atoms with Gasteiger partial charge in [0.1, 0.15) is 0 Å². The number of rotatable bonds is 3. The van der Waals surface area contributed by atoms with Gasteiger partial charge in [0.25, 0.3) is 0 Å². The van der Waals surface area contributed by atoms with E-state index in [1.165, 1.54) is 0 Å². The Kier molecular flexibility index (Phi) is 4.11. The molecule has 0 saturated heterocycles. The van der Waals surface area contributed by atoms with Crippen molar-refractivity contribution in [1.82, 2.24) is 4.98 Å². The average Bonchev–Trinajstić information content (AvgIpc) is 2.87. The molecule has 0 bridgehead atoms. The van der Waals surface area contributed by atoms with Crippen molar-refractivity contribution in [3.8, 4) is 5.88 Å². The molecule has 2 aromatic carbocycles. The highest BCUT2D eigenvalue weighted by atomic mass is 16.3. The second kappa shape index (κ2) is 6.37. The maximum Gasteiger partial charge on any atom is 0.356 e. The van der Waals surface area contributed by atoms with Crippen molar-refractivity contribution in [1.29, 1.82) is 0 Å². The minimum Gasteiger partial charge on any atom is -0.494 e. The Morgan fingerprint density at radius 3 is 2.62 bits per heavy atom. The lowest BCUT2D eigenvalue weighted by Gasteiger charge is -2.01. The lowest BCUT2D eigenvalue weighted by molar-refractivity contribution is 0.255. The van der Waals surface area contributed by atoms with Gasteiger partial charge >= 0.3 is 6.03 Å². The standard InChI is InChI=1S/C18H16N4O2/c1-11-7-8-15-13(9-11)14(17(23)20-15)10-16(21-22-18(19)24)12-5-3-2-4-6-12/h2-10,20,23H,1H3,(H2,19,24)/b16-10-,22-21?. The molecule has 0 radical (unpaired) electrons. The number of carbonyl (C=O) groups is 1. The number of fused-ring (bicyclic) bond motifs is 1. The Balaban J connectivity index is 2.19. The molecule has 1 heterocycles.